The molecule has 0 radical (unpaired) electrons. The first-order valence-electron chi connectivity index (χ1n) is 7.45. The highest BCUT2D eigenvalue weighted by atomic mass is 19.1. The fourth-order valence-electron chi connectivity index (χ4n) is 2.99. The van der Waals surface area contributed by atoms with Gasteiger partial charge in [-0.15, -0.1) is 0 Å². The van der Waals surface area contributed by atoms with Crippen LogP contribution in [0.5, 0.6) is 0 Å². The molecule has 1 aromatic rings. The standard InChI is InChI=1S/C16H22F2N2O/c1-3-11-6-7-20(12(8-11)9-19)16(21)14-13(17)5-4-10(2)15(14)18/h4-5,11-12H,3,6-9,19H2,1-2H3. The Kier molecular flexibility index (Phi) is 4.93. The summed E-state index contributed by atoms with van der Waals surface area (Å²) in [6.45, 7) is 4.45. The molecule has 2 unspecified atom stereocenters. The van der Waals surface area contributed by atoms with Gasteiger partial charge in [0.05, 0.1) is 0 Å². The van der Waals surface area contributed by atoms with Crippen LogP contribution in [-0.4, -0.2) is 29.9 Å². The number of carbonyl (C=O) groups excluding carboxylic acids is 1. The zero-order valence-electron chi connectivity index (χ0n) is 12.5. The van der Waals surface area contributed by atoms with Crippen molar-refractivity contribution in [2.45, 2.75) is 39.2 Å². The summed E-state index contributed by atoms with van der Waals surface area (Å²) in [4.78, 5) is 14.1. The Morgan fingerprint density at radius 3 is 2.76 bits per heavy atom. The Morgan fingerprint density at radius 2 is 2.14 bits per heavy atom. The maximum absolute atomic E-state index is 14.1. The molecule has 1 fully saturated rings. The number of likely N-dealkylation sites (tertiary alicyclic amines) is 1. The van der Waals surface area contributed by atoms with Gasteiger partial charge in [0.2, 0.25) is 0 Å². The molecule has 1 aliphatic heterocycles. The van der Waals surface area contributed by atoms with Crippen molar-refractivity contribution in [3.63, 3.8) is 0 Å². The minimum atomic E-state index is -0.809. The fraction of sp³-hybridized carbons (Fsp3) is 0.562. The molecule has 2 N–H and O–H groups in total. The van der Waals surface area contributed by atoms with E-state index in [2.05, 4.69) is 6.92 Å². The third-order valence-corrected chi connectivity index (χ3v) is 4.43. The van der Waals surface area contributed by atoms with Crippen LogP contribution in [0.2, 0.25) is 0 Å². The third-order valence-electron chi connectivity index (χ3n) is 4.43. The fourth-order valence-corrected chi connectivity index (χ4v) is 2.99. The van der Waals surface area contributed by atoms with Gasteiger partial charge >= 0.3 is 0 Å². The largest absolute Gasteiger partial charge is 0.334 e. The van der Waals surface area contributed by atoms with Gasteiger partial charge in [-0.05, 0) is 37.3 Å². The normalized spacial score (nSPS) is 22.4. The highest BCUT2D eigenvalue weighted by Crippen LogP contribution is 2.28. The molecule has 0 aliphatic carbocycles. The molecule has 21 heavy (non-hydrogen) atoms. The molecule has 1 heterocycles. The first kappa shape index (κ1) is 15.9. The summed E-state index contributed by atoms with van der Waals surface area (Å²) in [5, 5.41) is 0. The predicted octanol–water partition coefficient (Wildman–Crippen LogP) is 2.86. The molecular formula is C16H22F2N2O. The van der Waals surface area contributed by atoms with Crippen molar-refractivity contribution in [3.8, 4) is 0 Å². The summed E-state index contributed by atoms with van der Waals surface area (Å²) >= 11 is 0. The van der Waals surface area contributed by atoms with E-state index in [9.17, 15) is 13.6 Å². The number of piperidine rings is 1. The average molecular weight is 296 g/mol. The van der Waals surface area contributed by atoms with Gasteiger partial charge in [-0.2, -0.15) is 0 Å². The van der Waals surface area contributed by atoms with Crippen molar-refractivity contribution < 1.29 is 13.6 Å². The smallest absolute Gasteiger partial charge is 0.260 e. The quantitative estimate of drug-likeness (QED) is 0.932. The van der Waals surface area contributed by atoms with Crippen molar-refractivity contribution in [1.29, 1.82) is 0 Å². The summed E-state index contributed by atoms with van der Waals surface area (Å²) in [6, 6.07) is 2.34. The van der Waals surface area contributed by atoms with Crippen LogP contribution in [0.15, 0.2) is 12.1 Å². The van der Waals surface area contributed by atoms with E-state index in [1.54, 1.807) is 0 Å². The number of carbonyl (C=O) groups is 1. The number of aryl methyl sites for hydroxylation is 1. The van der Waals surface area contributed by atoms with Crippen LogP contribution < -0.4 is 5.73 Å². The summed E-state index contributed by atoms with van der Waals surface area (Å²) in [6.07, 6.45) is 2.69. The number of rotatable bonds is 3. The number of hydrogen-bond donors (Lipinski definition) is 1. The van der Waals surface area contributed by atoms with Crippen LogP contribution in [0, 0.1) is 24.5 Å². The molecule has 1 saturated heterocycles. The lowest BCUT2D eigenvalue weighted by molar-refractivity contribution is 0.0548. The number of nitrogens with two attached hydrogens (primary N) is 1. The summed E-state index contributed by atoms with van der Waals surface area (Å²) in [5.74, 6) is -1.64. The molecule has 0 spiro atoms. The van der Waals surface area contributed by atoms with Crippen LogP contribution in [0.1, 0.15) is 42.1 Å². The third kappa shape index (κ3) is 3.07. The Balaban J connectivity index is 2.29. The molecule has 0 bridgehead atoms. The van der Waals surface area contributed by atoms with Crippen LogP contribution in [0.25, 0.3) is 0 Å². The highest BCUT2D eigenvalue weighted by molar-refractivity contribution is 5.95. The second-order valence-corrected chi connectivity index (χ2v) is 5.74. The van der Waals surface area contributed by atoms with Gasteiger partial charge in [-0.1, -0.05) is 19.4 Å². The molecule has 1 aliphatic rings. The van der Waals surface area contributed by atoms with E-state index in [1.165, 1.54) is 17.9 Å². The van der Waals surface area contributed by atoms with Crippen LogP contribution in [0.4, 0.5) is 8.78 Å². The van der Waals surface area contributed by atoms with E-state index in [0.717, 1.165) is 25.3 Å². The van der Waals surface area contributed by atoms with Gasteiger partial charge in [0.1, 0.15) is 17.2 Å². The minimum absolute atomic E-state index is 0.143. The number of amides is 1. The van der Waals surface area contributed by atoms with Crippen molar-refractivity contribution >= 4 is 5.91 Å². The van der Waals surface area contributed by atoms with Gasteiger partial charge in [0, 0.05) is 19.1 Å². The van der Waals surface area contributed by atoms with Crippen LogP contribution >= 0.6 is 0 Å². The molecule has 1 amide bonds. The molecule has 3 nitrogen and oxygen atoms in total. The minimum Gasteiger partial charge on any atom is -0.334 e. The number of nitrogens with zero attached hydrogens (tertiary/aromatic N) is 1. The Morgan fingerprint density at radius 1 is 1.43 bits per heavy atom. The Bertz CT molecular complexity index is 533. The summed E-state index contributed by atoms with van der Waals surface area (Å²) in [7, 11) is 0. The highest BCUT2D eigenvalue weighted by Gasteiger charge is 2.33. The first-order chi connectivity index (χ1) is 9.99. The summed E-state index contributed by atoms with van der Waals surface area (Å²) in [5.41, 5.74) is 5.57. The van der Waals surface area contributed by atoms with Crippen LogP contribution in [-0.2, 0) is 0 Å². The van der Waals surface area contributed by atoms with Gasteiger partial charge < -0.3 is 10.6 Å². The molecular weight excluding hydrogens is 274 g/mol. The molecule has 2 rings (SSSR count). The van der Waals surface area contributed by atoms with E-state index >= 15 is 0 Å². The van der Waals surface area contributed by atoms with Gasteiger partial charge in [0.15, 0.2) is 0 Å². The lowest BCUT2D eigenvalue weighted by Gasteiger charge is -2.39. The average Bonchev–Trinajstić information content (AvgIpc) is 2.50. The second-order valence-electron chi connectivity index (χ2n) is 5.74. The van der Waals surface area contributed by atoms with E-state index in [1.807, 2.05) is 0 Å². The Labute approximate surface area is 124 Å². The second kappa shape index (κ2) is 6.52. The molecule has 2 atom stereocenters. The van der Waals surface area contributed by atoms with Gasteiger partial charge in [-0.3, -0.25) is 4.79 Å². The van der Waals surface area contributed by atoms with Gasteiger partial charge in [-0.25, -0.2) is 8.78 Å². The molecule has 116 valence electrons. The number of benzene rings is 1. The maximum atomic E-state index is 14.1. The lowest BCUT2D eigenvalue weighted by Crippen LogP contribution is -2.50. The first-order valence-corrected chi connectivity index (χ1v) is 7.45. The lowest BCUT2D eigenvalue weighted by atomic mass is 9.88. The topological polar surface area (TPSA) is 46.3 Å². The zero-order valence-corrected chi connectivity index (χ0v) is 12.5. The summed E-state index contributed by atoms with van der Waals surface area (Å²) < 4.78 is 28.0. The van der Waals surface area contributed by atoms with E-state index in [-0.39, 0.29) is 11.6 Å². The van der Waals surface area contributed by atoms with Crippen molar-refractivity contribution in [1.82, 2.24) is 4.90 Å². The van der Waals surface area contributed by atoms with Crippen molar-refractivity contribution in [2.24, 2.45) is 11.7 Å². The van der Waals surface area contributed by atoms with Crippen LogP contribution in [0.3, 0.4) is 0 Å². The maximum Gasteiger partial charge on any atom is 0.260 e. The molecule has 1 aromatic carbocycles. The number of hydrogen-bond acceptors (Lipinski definition) is 2. The zero-order chi connectivity index (χ0) is 15.6. The van der Waals surface area contributed by atoms with Crippen molar-refractivity contribution in [3.05, 3.63) is 34.9 Å². The monoisotopic (exact) mass is 296 g/mol. The molecule has 0 aromatic heterocycles. The van der Waals surface area contributed by atoms with E-state index < -0.39 is 23.1 Å². The number of halogens is 2. The van der Waals surface area contributed by atoms with E-state index in [4.69, 9.17) is 5.73 Å². The van der Waals surface area contributed by atoms with Gasteiger partial charge in [0.25, 0.3) is 5.91 Å². The van der Waals surface area contributed by atoms with E-state index in [0.29, 0.717) is 19.0 Å². The van der Waals surface area contributed by atoms with Crippen molar-refractivity contribution in [2.75, 3.05) is 13.1 Å². The SMILES string of the molecule is CCC1CCN(C(=O)c2c(F)ccc(C)c2F)C(CN)C1. The molecule has 0 saturated carbocycles. The Hall–Kier alpha value is -1.49. The predicted molar refractivity (Wildman–Crippen MR) is 78.0 cm³/mol. The molecule has 5 heteroatoms.